The highest BCUT2D eigenvalue weighted by Gasteiger charge is 2.20. The third-order valence-corrected chi connectivity index (χ3v) is 4.84. The van der Waals surface area contributed by atoms with Gasteiger partial charge in [-0.05, 0) is 30.7 Å². The Morgan fingerprint density at radius 1 is 1.04 bits per heavy atom. The minimum atomic E-state index is 0.756. The van der Waals surface area contributed by atoms with Gasteiger partial charge in [0.2, 0.25) is 0 Å². The van der Waals surface area contributed by atoms with Gasteiger partial charge in [-0.15, -0.1) is 0 Å². The van der Waals surface area contributed by atoms with E-state index in [0.717, 1.165) is 51.6 Å². The summed E-state index contributed by atoms with van der Waals surface area (Å²) in [7, 11) is 0. The van der Waals surface area contributed by atoms with Crippen LogP contribution in [0.25, 0.3) is 0 Å². The fourth-order valence-corrected chi connectivity index (χ4v) is 3.58. The molecule has 0 radical (unpaired) electrons. The van der Waals surface area contributed by atoms with Crippen molar-refractivity contribution >= 4 is 11.4 Å². The summed E-state index contributed by atoms with van der Waals surface area (Å²) in [6.45, 7) is 9.02. The number of hydrogen-bond donors (Lipinski definition) is 1. The van der Waals surface area contributed by atoms with Crippen LogP contribution in [0.4, 0.5) is 11.4 Å². The topological polar surface area (TPSA) is 27.7 Å². The van der Waals surface area contributed by atoms with Gasteiger partial charge in [-0.2, -0.15) is 0 Å². The Morgan fingerprint density at radius 2 is 1.92 bits per heavy atom. The minimum Gasteiger partial charge on any atom is -0.490 e. The van der Waals surface area contributed by atoms with Crippen LogP contribution in [0, 0.1) is 6.92 Å². The van der Waals surface area contributed by atoms with Crippen LogP contribution in [-0.2, 0) is 6.54 Å². The molecule has 24 heavy (non-hydrogen) atoms. The predicted octanol–water partition coefficient (Wildman–Crippen LogP) is 2.80. The summed E-state index contributed by atoms with van der Waals surface area (Å²) in [5.74, 6) is 1.01. The highest BCUT2D eigenvalue weighted by molar-refractivity contribution is 5.68. The van der Waals surface area contributed by atoms with E-state index in [1.54, 1.807) is 0 Å². The number of fused-ring (bicyclic) bond motifs is 1. The summed E-state index contributed by atoms with van der Waals surface area (Å²) < 4.78 is 5.88. The van der Waals surface area contributed by atoms with Gasteiger partial charge in [0.15, 0.2) is 0 Å². The van der Waals surface area contributed by atoms with E-state index in [4.69, 9.17) is 4.74 Å². The van der Waals surface area contributed by atoms with E-state index in [2.05, 4.69) is 64.5 Å². The van der Waals surface area contributed by atoms with Crippen LogP contribution in [0.2, 0.25) is 0 Å². The Morgan fingerprint density at radius 3 is 2.75 bits per heavy atom. The van der Waals surface area contributed by atoms with E-state index in [1.165, 1.54) is 22.5 Å². The average Bonchev–Trinajstić information content (AvgIpc) is 2.62. The second-order valence-electron chi connectivity index (χ2n) is 6.65. The van der Waals surface area contributed by atoms with Gasteiger partial charge in [0.05, 0.1) is 12.2 Å². The van der Waals surface area contributed by atoms with Crippen molar-refractivity contribution in [2.75, 3.05) is 49.1 Å². The van der Waals surface area contributed by atoms with Gasteiger partial charge in [0.1, 0.15) is 12.4 Å². The molecular weight excluding hydrogens is 298 g/mol. The smallest absolute Gasteiger partial charge is 0.142 e. The van der Waals surface area contributed by atoms with Gasteiger partial charge >= 0.3 is 0 Å². The van der Waals surface area contributed by atoms with Gasteiger partial charge in [-0.1, -0.05) is 29.8 Å². The van der Waals surface area contributed by atoms with Gasteiger partial charge in [-0.3, -0.25) is 0 Å². The number of nitrogens with one attached hydrogen (secondary N) is 1. The number of rotatable bonds is 3. The molecule has 4 rings (SSSR count). The standard InChI is InChI=1S/C20H25N3O/c1-16-3-2-4-17(13-16)15-23-11-12-24-20-6-5-18(14-19(20)23)22-9-7-21-8-10-22/h2-6,13-14,21H,7-12,15H2,1H3. The van der Waals surface area contributed by atoms with Crippen molar-refractivity contribution in [3.05, 3.63) is 53.6 Å². The number of anilines is 2. The number of aryl methyl sites for hydroxylation is 1. The molecule has 0 bridgehead atoms. The van der Waals surface area contributed by atoms with Crippen molar-refractivity contribution in [1.82, 2.24) is 5.32 Å². The Bertz CT molecular complexity index is 710. The Kier molecular flexibility index (Phi) is 4.30. The summed E-state index contributed by atoms with van der Waals surface area (Å²) in [4.78, 5) is 4.90. The summed E-state index contributed by atoms with van der Waals surface area (Å²) >= 11 is 0. The molecule has 1 saturated heterocycles. The predicted molar refractivity (Wildman–Crippen MR) is 99.2 cm³/mol. The van der Waals surface area contributed by atoms with Gasteiger partial charge in [0.25, 0.3) is 0 Å². The van der Waals surface area contributed by atoms with Crippen LogP contribution in [0.3, 0.4) is 0 Å². The SMILES string of the molecule is Cc1cccc(CN2CCOc3ccc(N4CCNCC4)cc32)c1. The van der Waals surface area contributed by atoms with Gasteiger partial charge < -0.3 is 19.9 Å². The van der Waals surface area contributed by atoms with Gasteiger partial charge in [0, 0.05) is 38.4 Å². The van der Waals surface area contributed by atoms with Crippen LogP contribution in [0.1, 0.15) is 11.1 Å². The van der Waals surface area contributed by atoms with E-state index in [-0.39, 0.29) is 0 Å². The highest BCUT2D eigenvalue weighted by atomic mass is 16.5. The van der Waals surface area contributed by atoms with Gasteiger partial charge in [-0.25, -0.2) is 0 Å². The molecular formula is C20H25N3O. The molecule has 0 saturated carbocycles. The van der Waals surface area contributed by atoms with Crippen molar-refractivity contribution < 1.29 is 4.74 Å². The summed E-state index contributed by atoms with van der Waals surface area (Å²) in [5, 5.41) is 3.42. The zero-order valence-corrected chi connectivity index (χ0v) is 14.3. The monoisotopic (exact) mass is 323 g/mol. The molecule has 1 fully saturated rings. The Balaban J connectivity index is 1.60. The normalized spacial score (nSPS) is 17.4. The maximum Gasteiger partial charge on any atom is 0.142 e. The first-order chi connectivity index (χ1) is 11.8. The number of ether oxygens (including phenoxy) is 1. The quantitative estimate of drug-likeness (QED) is 0.940. The average molecular weight is 323 g/mol. The van der Waals surface area contributed by atoms with Crippen molar-refractivity contribution in [2.45, 2.75) is 13.5 Å². The number of hydrogen-bond acceptors (Lipinski definition) is 4. The Hall–Kier alpha value is -2.20. The molecule has 1 N–H and O–H groups in total. The molecule has 2 aromatic carbocycles. The lowest BCUT2D eigenvalue weighted by molar-refractivity contribution is 0.307. The van der Waals surface area contributed by atoms with Crippen LogP contribution in [0.5, 0.6) is 5.75 Å². The van der Waals surface area contributed by atoms with Crippen molar-refractivity contribution in [1.29, 1.82) is 0 Å². The van der Waals surface area contributed by atoms with E-state index in [0.29, 0.717) is 0 Å². The summed E-state index contributed by atoms with van der Waals surface area (Å²) in [6.07, 6.45) is 0. The van der Waals surface area contributed by atoms with Crippen LogP contribution in [-0.4, -0.2) is 39.3 Å². The van der Waals surface area contributed by atoms with Crippen LogP contribution in [0.15, 0.2) is 42.5 Å². The van der Waals surface area contributed by atoms with Crippen molar-refractivity contribution in [2.24, 2.45) is 0 Å². The molecule has 0 unspecified atom stereocenters. The minimum absolute atomic E-state index is 0.756. The molecule has 0 spiro atoms. The molecule has 4 nitrogen and oxygen atoms in total. The first-order valence-electron chi connectivity index (χ1n) is 8.82. The molecule has 2 heterocycles. The number of nitrogens with zero attached hydrogens (tertiary/aromatic N) is 2. The zero-order valence-electron chi connectivity index (χ0n) is 14.3. The van der Waals surface area contributed by atoms with Crippen molar-refractivity contribution in [3.63, 3.8) is 0 Å². The zero-order chi connectivity index (χ0) is 16.4. The maximum absolute atomic E-state index is 5.88. The molecule has 2 aliphatic heterocycles. The lowest BCUT2D eigenvalue weighted by Crippen LogP contribution is -2.43. The number of piperazine rings is 1. The van der Waals surface area contributed by atoms with E-state index in [1.807, 2.05) is 0 Å². The largest absolute Gasteiger partial charge is 0.490 e. The molecule has 0 aliphatic carbocycles. The van der Waals surface area contributed by atoms with E-state index in [9.17, 15) is 0 Å². The first-order valence-corrected chi connectivity index (χ1v) is 8.82. The van der Waals surface area contributed by atoms with Crippen molar-refractivity contribution in [3.8, 4) is 5.75 Å². The third kappa shape index (κ3) is 3.20. The van der Waals surface area contributed by atoms with E-state index >= 15 is 0 Å². The summed E-state index contributed by atoms with van der Waals surface area (Å²) in [6, 6.07) is 15.4. The fourth-order valence-electron chi connectivity index (χ4n) is 3.58. The third-order valence-electron chi connectivity index (χ3n) is 4.84. The first kappa shape index (κ1) is 15.3. The van der Waals surface area contributed by atoms with E-state index < -0.39 is 0 Å². The molecule has 2 aromatic rings. The Labute approximate surface area is 144 Å². The molecule has 0 atom stereocenters. The maximum atomic E-state index is 5.88. The lowest BCUT2D eigenvalue weighted by Gasteiger charge is -2.34. The molecule has 126 valence electrons. The second-order valence-corrected chi connectivity index (χ2v) is 6.65. The summed E-state index contributed by atoms with van der Waals surface area (Å²) in [5.41, 5.74) is 5.19. The molecule has 0 amide bonds. The second kappa shape index (κ2) is 6.73. The van der Waals surface area contributed by atoms with Crippen LogP contribution >= 0.6 is 0 Å². The molecule has 0 aromatic heterocycles. The highest BCUT2D eigenvalue weighted by Crippen LogP contribution is 2.36. The molecule has 4 heteroatoms. The lowest BCUT2D eigenvalue weighted by atomic mass is 10.1. The fraction of sp³-hybridized carbons (Fsp3) is 0.400. The van der Waals surface area contributed by atoms with Crippen LogP contribution < -0.4 is 19.9 Å². The molecule has 2 aliphatic rings. The number of benzene rings is 2.